The van der Waals surface area contributed by atoms with Crippen LogP contribution in [0.3, 0.4) is 0 Å². The van der Waals surface area contributed by atoms with Crippen LogP contribution in [-0.4, -0.2) is 30.8 Å². The maximum Gasteiger partial charge on any atom is 0.411 e. The van der Waals surface area contributed by atoms with Gasteiger partial charge in [0.2, 0.25) is 0 Å². The highest BCUT2D eigenvalue weighted by Gasteiger charge is 2.21. The molecule has 1 aliphatic heterocycles. The average molecular weight is 234 g/mol. The fourth-order valence-electron chi connectivity index (χ4n) is 2.22. The lowest BCUT2D eigenvalue weighted by molar-refractivity contribution is 0.199. The molecule has 1 saturated heterocycles. The van der Waals surface area contributed by atoms with Crippen molar-refractivity contribution in [3.8, 4) is 0 Å². The summed E-state index contributed by atoms with van der Waals surface area (Å²) in [4.78, 5) is 12.7. The van der Waals surface area contributed by atoms with Gasteiger partial charge < -0.3 is 10.4 Å². The Kier molecular flexibility index (Phi) is 3.98. The highest BCUT2D eigenvalue weighted by Crippen LogP contribution is 2.19. The first-order chi connectivity index (χ1) is 8.27. The van der Waals surface area contributed by atoms with Gasteiger partial charge in [-0.1, -0.05) is 18.2 Å². The van der Waals surface area contributed by atoms with Gasteiger partial charge in [-0.05, 0) is 44.0 Å². The lowest BCUT2D eigenvalue weighted by Crippen LogP contribution is -2.38. The molecule has 0 bridgehead atoms. The monoisotopic (exact) mass is 234 g/mol. The van der Waals surface area contributed by atoms with Crippen molar-refractivity contribution in [2.75, 3.05) is 24.5 Å². The van der Waals surface area contributed by atoms with E-state index in [0.29, 0.717) is 12.5 Å². The minimum absolute atomic E-state index is 0.465. The van der Waals surface area contributed by atoms with E-state index in [2.05, 4.69) is 5.32 Å². The molecule has 1 aromatic carbocycles. The van der Waals surface area contributed by atoms with Crippen LogP contribution >= 0.6 is 0 Å². The Morgan fingerprint density at radius 2 is 1.94 bits per heavy atom. The number of nitrogens with zero attached hydrogens (tertiary/aromatic N) is 1. The molecule has 1 amide bonds. The van der Waals surface area contributed by atoms with Gasteiger partial charge in [0.1, 0.15) is 0 Å². The van der Waals surface area contributed by atoms with Crippen LogP contribution in [0.25, 0.3) is 0 Å². The molecule has 4 nitrogen and oxygen atoms in total. The summed E-state index contributed by atoms with van der Waals surface area (Å²) in [6.45, 7) is 2.58. The van der Waals surface area contributed by atoms with Crippen molar-refractivity contribution < 1.29 is 9.90 Å². The fraction of sp³-hybridized carbons (Fsp3) is 0.462. The molecule has 0 atom stereocenters. The second-order valence-corrected chi connectivity index (χ2v) is 4.42. The Labute approximate surface area is 101 Å². The standard InChI is InChI=1S/C13H18N2O2/c16-13(17)15(12-4-2-1-3-5-12)10-11-6-8-14-9-7-11/h1-5,11,14H,6-10H2,(H,16,17). The summed E-state index contributed by atoms with van der Waals surface area (Å²) < 4.78 is 0. The summed E-state index contributed by atoms with van der Waals surface area (Å²) in [5.74, 6) is 0.465. The van der Waals surface area contributed by atoms with Crippen LogP contribution in [0.15, 0.2) is 30.3 Å². The highest BCUT2D eigenvalue weighted by atomic mass is 16.4. The second-order valence-electron chi connectivity index (χ2n) is 4.42. The topological polar surface area (TPSA) is 52.6 Å². The van der Waals surface area contributed by atoms with E-state index in [1.165, 1.54) is 4.90 Å². The molecule has 1 fully saturated rings. The van der Waals surface area contributed by atoms with Crippen molar-refractivity contribution in [1.29, 1.82) is 0 Å². The zero-order chi connectivity index (χ0) is 12.1. The number of benzene rings is 1. The summed E-state index contributed by atoms with van der Waals surface area (Å²) in [5.41, 5.74) is 0.763. The lowest BCUT2D eigenvalue weighted by atomic mass is 9.97. The number of nitrogens with one attached hydrogen (secondary N) is 1. The molecular formula is C13H18N2O2. The summed E-state index contributed by atoms with van der Waals surface area (Å²) in [7, 11) is 0. The molecule has 0 spiro atoms. The summed E-state index contributed by atoms with van der Waals surface area (Å²) in [5, 5.41) is 12.6. The molecule has 2 N–H and O–H groups in total. The Hall–Kier alpha value is -1.55. The van der Waals surface area contributed by atoms with Crippen molar-refractivity contribution in [1.82, 2.24) is 5.32 Å². The average Bonchev–Trinajstić information content (AvgIpc) is 2.38. The third kappa shape index (κ3) is 3.20. The molecule has 0 unspecified atom stereocenters. The van der Waals surface area contributed by atoms with Crippen molar-refractivity contribution in [2.24, 2.45) is 5.92 Å². The normalized spacial score (nSPS) is 16.7. The van der Waals surface area contributed by atoms with Crippen LogP contribution in [0, 0.1) is 5.92 Å². The van der Waals surface area contributed by atoms with Crippen LogP contribution in [0.2, 0.25) is 0 Å². The van der Waals surface area contributed by atoms with Crippen molar-refractivity contribution in [3.05, 3.63) is 30.3 Å². The van der Waals surface area contributed by atoms with E-state index >= 15 is 0 Å². The largest absolute Gasteiger partial charge is 0.465 e. The predicted octanol–water partition coefficient (Wildman–Crippen LogP) is 2.17. The molecule has 4 heteroatoms. The first-order valence-corrected chi connectivity index (χ1v) is 6.03. The molecule has 92 valence electrons. The van der Waals surface area contributed by atoms with Crippen LogP contribution in [0.5, 0.6) is 0 Å². The minimum atomic E-state index is -0.866. The number of hydrogen-bond donors (Lipinski definition) is 2. The molecule has 2 rings (SSSR count). The highest BCUT2D eigenvalue weighted by molar-refractivity contribution is 5.85. The van der Waals surface area contributed by atoms with Gasteiger partial charge >= 0.3 is 6.09 Å². The second kappa shape index (κ2) is 5.68. The van der Waals surface area contributed by atoms with Gasteiger partial charge in [-0.2, -0.15) is 0 Å². The third-order valence-electron chi connectivity index (χ3n) is 3.20. The maximum absolute atomic E-state index is 11.3. The Morgan fingerprint density at radius 1 is 1.29 bits per heavy atom. The zero-order valence-electron chi connectivity index (χ0n) is 9.80. The third-order valence-corrected chi connectivity index (χ3v) is 3.20. The van der Waals surface area contributed by atoms with Gasteiger partial charge in [-0.3, -0.25) is 4.90 Å². The van der Waals surface area contributed by atoms with Crippen LogP contribution in [0.1, 0.15) is 12.8 Å². The predicted molar refractivity (Wildman–Crippen MR) is 67.4 cm³/mol. The number of hydrogen-bond acceptors (Lipinski definition) is 2. The van der Waals surface area contributed by atoms with Crippen molar-refractivity contribution in [3.63, 3.8) is 0 Å². The SMILES string of the molecule is O=C(O)N(CC1CCNCC1)c1ccccc1. The maximum atomic E-state index is 11.3. The Bertz CT molecular complexity index is 361. The molecule has 0 radical (unpaired) electrons. The molecule has 1 heterocycles. The van der Waals surface area contributed by atoms with E-state index in [1.54, 1.807) is 0 Å². The van der Waals surface area contributed by atoms with E-state index < -0.39 is 6.09 Å². The molecule has 1 aliphatic rings. The number of piperidine rings is 1. The fourth-order valence-corrected chi connectivity index (χ4v) is 2.22. The van der Waals surface area contributed by atoms with Crippen molar-refractivity contribution in [2.45, 2.75) is 12.8 Å². The van der Waals surface area contributed by atoms with Gasteiger partial charge in [-0.25, -0.2) is 4.79 Å². The van der Waals surface area contributed by atoms with Crippen LogP contribution < -0.4 is 10.2 Å². The number of amides is 1. The van der Waals surface area contributed by atoms with Crippen molar-refractivity contribution >= 4 is 11.8 Å². The smallest absolute Gasteiger partial charge is 0.411 e. The van der Waals surface area contributed by atoms with E-state index in [1.807, 2.05) is 30.3 Å². The van der Waals surface area contributed by atoms with Crippen LogP contribution in [-0.2, 0) is 0 Å². The van der Waals surface area contributed by atoms with Gasteiger partial charge in [0.05, 0.1) is 0 Å². The quantitative estimate of drug-likeness (QED) is 0.842. The Morgan fingerprint density at radius 3 is 2.53 bits per heavy atom. The molecule has 0 aliphatic carbocycles. The van der Waals surface area contributed by atoms with Gasteiger partial charge in [-0.15, -0.1) is 0 Å². The summed E-state index contributed by atoms with van der Waals surface area (Å²) >= 11 is 0. The minimum Gasteiger partial charge on any atom is -0.465 e. The number of carboxylic acid groups (broad SMARTS) is 1. The number of carbonyl (C=O) groups is 1. The first-order valence-electron chi connectivity index (χ1n) is 6.03. The molecule has 1 aromatic rings. The summed E-state index contributed by atoms with van der Waals surface area (Å²) in [6.07, 6.45) is 1.24. The molecule has 0 aromatic heterocycles. The van der Waals surface area contributed by atoms with Gasteiger partial charge in [0, 0.05) is 12.2 Å². The molecular weight excluding hydrogens is 216 g/mol. The van der Waals surface area contributed by atoms with Crippen LogP contribution in [0.4, 0.5) is 10.5 Å². The van der Waals surface area contributed by atoms with Gasteiger partial charge in [0.15, 0.2) is 0 Å². The number of anilines is 1. The summed E-state index contributed by atoms with van der Waals surface area (Å²) in [6, 6.07) is 9.32. The zero-order valence-corrected chi connectivity index (χ0v) is 9.80. The van der Waals surface area contributed by atoms with E-state index in [-0.39, 0.29) is 0 Å². The first kappa shape index (κ1) is 11.9. The number of rotatable bonds is 3. The van der Waals surface area contributed by atoms with E-state index in [4.69, 9.17) is 0 Å². The lowest BCUT2D eigenvalue weighted by Gasteiger charge is -2.28. The molecule has 17 heavy (non-hydrogen) atoms. The Balaban J connectivity index is 2.05. The molecule has 0 saturated carbocycles. The number of para-hydroxylation sites is 1. The van der Waals surface area contributed by atoms with E-state index in [0.717, 1.165) is 31.6 Å². The van der Waals surface area contributed by atoms with Gasteiger partial charge in [0.25, 0.3) is 0 Å². The van der Waals surface area contributed by atoms with E-state index in [9.17, 15) is 9.90 Å².